The fourth-order valence-corrected chi connectivity index (χ4v) is 2.96. The molecule has 19 heavy (non-hydrogen) atoms. The van der Waals surface area contributed by atoms with Crippen molar-refractivity contribution in [2.45, 2.75) is 23.4 Å². The third-order valence-corrected chi connectivity index (χ3v) is 4.00. The molecule has 0 aliphatic heterocycles. The summed E-state index contributed by atoms with van der Waals surface area (Å²) < 4.78 is 10.5. The first-order valence-electron chi connectivity index (χ1n) is 6.12. The van der Waals surface area contributed by atoms with E-state index in [4.69, 9.17) is 9.15 Å². The second kappa shape index (κ2) is 6.63. The highest BCUT2D eigenvalue weighted by atomic mass is 32.2. The summed E-state index contributed by atoms with van der Waals surface area (Å²) in [6.07, 6.45) is 3.26. The van der Waals surface area contributed by atoms with Gasteiger partial charge in [0.05, 0.1) is 13.3 Å². The normalized spacial score (nSPS) is 14.1. The van der Waals surface area contributed by atoms with Gasteiger partial charge >= 0.3 is 0 Å². The van der Waals surface area contributed by atoms with Crippen LogP contribution in [0.4, 0.5) is 0 Å². The molecule has 4 nitrogen and oxygen atoms in total. The first-order chi connectivity index (χ1) is 9.24. The second-order valence-electron chi connectivity index (χ2n) is 4.16. The number of rotatable bonds is 6. The van der Waals surface area contributed by atoms with Gasteiger partial charge in [0.25, 0.3) is 5.22 Å². The van der Waals surface area contributed by atoms with Crippen LogP contribution in [0.15, 0.2) is 46.4 Å². The van der Waals surface area contributed by atoms with Gasteiger partial charge in [-0.15, -0.1) is 0 Å². The lowest BCUT2D eigenvalue weighted by Crippen LogP contribution is -2.25. The maximum absolute atomic E-state index is 5.28. The van der Waals surface area contributed by atoms with Crippen molar-refractivity contribution in [2.24, 2.45) is 0 Å². The van der Waals surface area contributed by atoms with Gasteiger partial charge in [-0.2, -0.15) is 0 Å². The summed E-state index contributed by atoms with van der Waals surface area (Å²) in [7, 11) is 3.63. The van der Waals surface area contributed by atoms with E-state index in [9.17, 15) is 0 Å². The number of hydrogen-bond donors (Lipinski definition) is 1. The van der Waals surface area contributed by atoms with Crippen molar-refractivity contribution >= 4 is 11.8 Å². The molecule has 0 bridgehead atoms. The third-order valence-electron chi connectivity index (χ3n) is 2.95. The van der Waals surface area contributed by atoms with E-state index in [2.05, 4.69) is 29.4 Å². The highest BCUT2D eigenvalue weighted by Gasteiger charge is 2.20. The Labute approximate surface area is 117 Å². The number of thioether (sulfide) groups is 1. The van der Waals surface area contributed by atoms with Crippen molar-refractivity contribution in [3.63, 3.8) is 0 Å². The number of nitrogens with zero attached hydrogens (tertiary/aromatic N) is 1. The predicted octanol–water partition coefficient (Wildman–Crippen LogP) is 3.12. The van der Waals surface area contributed by atoms with Crippen LogP contribution in [0.1, 0.15) is 18.5 Å². The monoisotopic (exact) mass is 278 g/mol. The number of methoxy groups -OCH3 is 1. The summed E-state index contributed by atoms with van der Waals surface area (Å²) in [6.45, 7) is 2.15. The van der Waals surface area contributed by atoms with Crippen molar-refractivity contribution in [1.29, 1.82) is 0 Å². The van der Waals surface area contributed by atoms with E-state index >= 15 is 0 Å². The number of aromatic nitrogens is 1. The lowest BCUT2D eigenvalue weighted by atomic mass is 10.0. The van der Waals surface area contributed by atoms with Crippen molar-refractivity contribution in [3.8, 4) is 5.75 Å². The van der Waals surface area contributed by atoms with E-state index in [0.717, 1.165) is 5.75 Å². The SMILES string of the molecule is CNC(c1ccc(OC)cc1)C(C)Sc1ncco1. The fraction of sp³-hybridized carbons (Fsp3) is 0.357. The molecule has 1 heterocycles. The Bertz CT molecular complexity index is 485. The molecule has 2 aromatic rings. The Kier molecular flexibility index (Phi) is 4.87. The van der Waals surface area contributed by atoms with Crippen LogP contribution in [0.3, 0.4) is 0 Å². The average Bonchev–Trinajstić information content (AvgIpc) is 2.93. The number of nitrogens with one attached hydrogen (secondary N) is 1. The lowest BCUT2D eigenvalue weighted by molar-refractivity contribution is 0.414. The highest BCUT2D eigenvalue weighted by Crippen LogP contribution is 2.31. The molecule has 0 aliphatic rings. The summed E-state index contributed by atoms with van der Waals surface area (Å²) in [5.41, 5.74) is 1.22. The van der Waals surface area contributed by atoms with Crippen LogP contribution in [0.2, 0.25) is 0 Å². The van der Waals surface area contributed by atoms with Crippen LogP contribution in [-0.4, -0.2) is 24.4 Å². The molecule has 0 radical (unpaired) electrons. The topological polar surface area (TPSA) is 47.3 Å². The zero-order valence-electron chi connectivity index (χ0n) is 11.3. The molecule has 2 rings (SSSR count). The smallest absolute Gasteiger partial charge is 0.255 e. The van der Waals surface area contributed by atoms with E-state index in [1.165, 1.54) is 5.56 Å². The van der Waals surface area contributed by atoms with E-state index in [1.807, 2.05) is 19.2 Å². The molecule has 0 amide bonds. The molecule has 5 heteroatoms. The number of oxazole rings is 1. The fourth-order valence-electron chi connectivity index (χ4n) is 1.98. The van der Waals surface area contributed by atoms with Gasteiger partial charge in [-0.05, 0) is 24.7 Å². The minimum atomic E-state index is 0.225. The first kappa shape index (κ1) is 14.0. The molecule has 0 spiro atoms. The quantitative estimate of drug-likeness (QED) is 0.823. The maximum Gasteiger partial charge on any atom is 0.255 e. The predicted molar refractivity (Wildman–Crippen MR) is 76.6 cm³/mol. The molecule has 1 aromatic heterocycles. The van der Waals surface area contributed by atoms with Crippen LogP contribution >= 0.6 is 11.8 Å². The molecule has 0 saturated heterocycles. The second-order valence-corrected chi connectivity index (χ2v) is 5.49. The average molecular weight is 278 g/mol. The molecule has 2 atom stereocenters. The Balaban J connectivity index is 2.09. The van der Waals surface area contributed by atoms with Gasteiger partial charge in [-0.1, -0.05) is 30.8 Å². The van der Waals surface area contributed by atoms with Gasteiger partial charge in [-0.3, -0.25) is 0 Å². The van der Waals surface area contributed by atoms with Gasteiger partial charge in [0.1, 0.15) is 12.0 Å². The zero-order valence-corrected chi connectivity index (χ0v) is 12.1. The Morgan fingerprint density at radius 3 is 2.58 bits per heavy atom. The van der Waals surface area contributed by atoms with Crippen LogP contribution in [0.5, 0.6) is 5.75 Å². The molecule has 2 unspecified atom stereocenters. The third kappa shape index (κ3) is 3.52. The van der Waals surface area contributed by atoms with Crippen LogP contribution in [-0.2, 0) is 0 Å². The van der Waals surface area contributed by atoms with Crippen LogP contribution < -0.4 is 10.1 Å². The molecule has 102 valence electrons. The summed E-state index contributed by atoms with van der Waals surface area (Å²) in [4.78, 5) is 4.14. The van der Waals surface area contributed by atoms with Crippen molar-refractivity contribution in [3.05, 3.63) is 42.3 Å². The standard InChI is InChI=1S/C14H18N2O2S/c1-10(19-14-16-8-9-18-14)13(15-2)11-4-6-12(17-3)7-5-11/h4-10,13,15H,1-3H3. The lowest BCUT2D eigenvalue weighted by Gasteiger charge is -2.22. The molecule has 1 N–H and O–H groups in total. The van der Waals surface area contributed by atoms with Gasteiger partial charge in [0, 0.05) is 11.3 Å². The highest BCUT2D eigenvalue weighted by molar-refractivity contribution is 7.99. The van der Waals surface area contributed by atoms with E-state index < -0.39 is 0 Å². The largest absolute Gasteiger partial charge is 0.497 e. The first-order valence-corrected chi connectivity index (χ1v) is 7.00. The summed E-state index contributed by atoms with van der Waals surface area (Å²) >= 11 is 1.62. The van der Waals surface area contributed by atoms with E-state index in [-0.39, 0.29) is 6.04 Å². The molecule has 0 fully saturated rings. The minimum Gasteiger partial charge on any atom is -0.497 e. The zero-order chi connectivity index (χ0) is 13.7. The van der Waals surface area contributed by atoms with Crippen LogP contribution in [0, 0.1) is 0 Å². The maximum atomic E-state index is 5.28. The Morgan fingerprint density at radius 2 is 2.05 bits per heavy atom. The Hall–Kier alpha value is -1.46. The Morgan fingerprint density at radius 1 is 1.32 bits per heavy atom. The van der Waals surface area contributed by atoms with Crippen LogP contribution in [0.25, 0.3) is 0 Å². The van der Waals surface area contributed by atoms with Crippen molar-refractivity contribution in [2.75, 3.05) is 14.2 Å². The summed E-state index contributed by atoms with van der Waals surface area (Å²) in [5, 5.41) is 4.34. The van der Waals surface area contributed by atoms with E-state index in [0.29, 0.717) is 10.5 Å². The van der Waals surface area contributed by atoms with Gasteiger partial charge in [-0.25, -0.2) is 4.98 Å². The number of ether oxygens (including phenoxy) is 1. The van der Waals surface area contributed by atoms with Crippen molar-refractivity contribution in [1.82, 2.24) is 10.3 Å². The molecule has 0 aliphatic carbocycles. The summed E-state index contributed by atoms with van der Waals surface area (Å²) in [6, 6.07) is 8.33. The molecule has 1 aromatic carbocycles. The summed E-state index contributed by atoms with van der Waals surface area (Å²) in [5.74, 6) is 0.867. The number of hydrogen-bond acceptors (Lipinski definition) is 5. The van der Waals surface area contributed by atoms with Gasteiger partial charge in [0.2, 0.25) is 0 Å². The molecular weight excluding hydrogens is 260 g/mol. The molecular formula is C14H18N2O2S. The van der Waals surface area contributed by atoms with Crippen molar-refractivity contribution < 1.29 is 9.15 Å². The number of benzene rings is 1. The van der Waals surface area contributed by atoms with Gasteiger partial charge < -0.3 is 14.5 Å². The molecule has 0 saturated carbocycles. The van der Waals surface area contributed by atoms with Gasteiger partial charge in [0.15, 0.2) is 0 Å². The van der Waals surface area contributed by atoms with E-state index in [1.54, 1.807) is 31.3 Å². The minimum absolute atomic E-state index is 0.225.